The van der Waals surface area contributed by atoms with Crippen molar-refractivity contribution in [2.24, 2.45) is 0 Å². The first-order valence-corrected chi connectivity index (χ1v) is 7.64. The third kappa shape index (κ3) is 3.54. The van der Waals surface area contributed by atoms with Gasteiger partial charge in [-0.2, -0.15) is 0 Å². The average Bonchev–Trinajstić information content (AvgIpc) is 3.12. The topological polar surface area (TPSA) is 41.1 Å². The van der Waals surface area contributed by atoms with E-state index in [1.165, 1.54) is 22.1 Å². The molecule has 1 aromatic rings. The van der Waals surface area contributed by atoms with Crippen LogP contribution in [0.25, 0.3) is 0 Å². The number of rotatable bonds is 6. The summed E-state index contributed by atoms with van der Waals surface area (Å²) in [6.07, 6.45) is 3.67. The van der Waals surface area contributed by atoms with Gasteiger partial charge in [-0.3, -0.25) is 0 Å². The molecule has 0 unspecified atom stereocenters. The lowest BCUT2D eigenvalue weighted by molar-refractivity contribution is 0.389. The molecule has 2 rings (SSSR count). The van der Waals surface area contributed by atoms with Crippen LogP contribution in [0.15, 0.2) is 0 Å². The number of aromatic nitrogens is 2. The molecule has 0 amide bonds. The molecule has 1 aliphatic rings. The van der Waals surface area contributed by atoms with E-state index in [0.29, 0.717) is 5.92 Å². The van der Waals surface area contributed by atoms with E-state index in [4.69, 9.17) is 4.98 Å². The van der Waals surface area contributed by atoms with Crippen LogP contribution in [0.3, 0.4) is 0 Å². The lowest BCUT2D eigenvalue weighted by atomic mass is 10.2. The van der Waals surface area contributed by atoms with Crippen LogP contribution < -0.4 is 5.32 Å². The van der Waals surface area contributed by atoms with Crippen LogP contribution in [0.2, 0.25) is 0 Å². The zero-order valence-electron chi connectivity index (χ0n) is 11.3. The summed E-state index contributed by atoms with van der Waals surface area (Å²) in [6.45, 7) is 3.94. The third-order valence-corrected chi connectivity index (χ3v) is 3.95. The van der Waals surface area contributed by atoms with Crippen molar-refractivity contribution < 1.29 is 0 Å². The fraction of sp³-hybridized carbons (Fsp3) is 0.692. The van der Waals surface area contributed by atoms with Gasteiger partial charge in [0.25, 0.3) is 0 Å². The molecule has 0 saturated heterocycles. The quantitative estimate of drug-likeness (QED) is 0.793. The Morgan fingerprint density at radius 3 is 2.61 bits per heavy atom. The fourth-order valence-electron chi connectivity index (χ4n) is 1.85. The largest absolute Gasteiger partial charge is 0.369 e. The van der Waals surface area contributed by atoms with Crippen LogP contribution in [0.4, 0.5) is 5.82 Å². The van der Waals surface area contributed by atoms with Gasteiger partial charge in [-0.05, 0) is 55.9 Å². The standard InChI is InChI=1S/C13H21IN4/c1-4-7-15-13-11(14)12(9-5-6-9)16-10(17-13)8-18(2)3/h9H,4-8H2,1-3H3,(H,15,16,17). The molecule has 4 nitrogen and oxygen atoms in total. The fourth-order valence-corrected chi connectivity index (χ4v) is 2.73. The summed E-state index contributed by atoms with van der Waals surface area (Å²) in [7, 11) is 4.11. The van der Waals surface area contributed by atoms with Gasteiger partial charge in [0.05, 0.1) is 15.8 Å². The predicted molar refractivity (Wildman–Crippen MR) is 82.9 cm³/mol. The van der Waals surface area contributed by atoms with Crippen molar-refractivity contribution in [2.75, 3.05) is 26.0 Å². The van der Waals surface area contributed by atoms with E-state index >= 15 is 0 Å². The second kappa shape index (κ2) is 6.14. The van der Waals surface area contributed by atoms with E-state index in [2.05, 4.69) is 58.8 Å². The van der Waals surface area contributed by atoms with Gasteiger partial charge in [0.2, 0.25) is 0 Å². The van der Waals surface area contributed by atoms with Gasteiger partial charge in [-0.15, -0.1) is 0 Å². The molecule has 0 spiro atoms. The number of hydrogen-bond donors (Lipinski definition) is 1. The maximum absolute atomic E-state index is 4.74. The zero-order valence-corrected chi connectivity index (χ0v) is 13.5. The molecule has 1 fully saturated rings. The number of anilines is 1. The molecule has 0 aliphatic heterocycles. The van der Waals surface area contributed by atoms with Crippen molar-refractivity contribution in [3.63, 3.8) is 0 Å². The summed E-state index contributed by atoms with van der Waals surface area (Å²) in [6, 6.07) is 0. The van der Waals surface area contributed by atoms with Gasteiger partial charge in [0.1, 0.15) is 11.6 Å². The number of nitrogens with zero attached hydrogens (tertiary/aromatic N) is 3. The Morgan fingerprint density at radius 1 is 1.33 bits per heavy atom. The Kier molecular flexibility index (Phi) is 4.77. The highest BCUT2D eigenvalue weighted by atomic mass is 127. The van der Waals surface area contributed by atoms with E-state index in [9.17, 15) is 0 Å². The summed E-state index contributed by atoms with van der Waals surface area (Å²) in [5.74, 6) is 2.62. The van der Waals surface area contributed by atoms with Crippen molar-refractivity contribution in [2.45, 2.75) is 38.6 Å². The van der Waals surface area contributed by atoms with Crippen LogP contribution in [0, 0.1) is 3.57 Å². The van der Waals surface area contributed by atoms with E-state index in [1.807, 2.05) is 0 Å². The van der Waals surface area contributed by atoms with Gasteiger partial charge in [-0.25, -0.2) is 9.97 Å². The number of halogens is 1. The normalized spacial score (nSPS) is 15.2. The molecule has 18 heavy (non-hydrogen) atoms. The molecule has 0 atom stereocenters. The smallest absolute Gasteiger partial charge is 0.145 e. The van der Waals surface area contributed by atoms with E-state index in [0.717, 1.165) is 31.2 Å². The van der Waals surface area contributed by atoms with Gasteiger partial charge >= 0.3 is 0 Å². The minimum atomic E-state index is 0.669. The highest BCUT2D eigenvalue weighted by Crippen LogP contribution is 2.42. The number of nitrogens with one attached hydrogen (secondary N) is 1. The molecule has 1 aromatic heterocycles. The van der Waals surface area contributed by atoms with Crippen molar-refractivity contribution in [1.29, 1.82) is 0 Å². The average molecular weight is 360 g/mol. The predicted octanol–water partition coefficient (Wildman–Crippen LogP) is 2.84. The molecular formula is C13H21IN4. The van der Waals surface area contributed by atoms with Crippen LogP contribution in [0.1, 0.15) is 43.6 Å². The SMILES string of the molecule is CCCNc1nc(CN(C)C)nc(C2CC2)c1I. The Balaban J connectivity index is 2.27. The van der Waals surface area contributed by atoms with Gasteiger partial charge < -0.3 is 10.2 Å². The van der Waals surface area contributed by atoms with E-state index < -0.39 is 0 Å². The molecule has 1 heterocycles. The molecule has 100 valence electrons. The van der Waals surface area contributed by atoms with E-state index in [1.54, 1.807) is 0 Å². The third-order valence-electron chi connectivity index (χ3n) is 2.89. The Morgan fingerprint density at radius 2 is 2.06 bits per heavy atom. The molecule has 1 saturated carbocycles. The van der Waals surface area contributed by atoms with Crippen molar-refractivity contribution in [1.82, 2.24) is 14.9 Å². The first kappa shape index (κ1) is 14.0. The summed E-state index contributed by atoms with van der Waals surface area (Å²) >= 11 is 2.39. The molecule has 5 heteroatoms. The lowest BCUT2D eigenvalue weighted by Gasteiger charge is -2.14. The lowest BCUT2D eigenvalue weighted by Crippen LogP contribution is -2.16. The zero-order chi connectivity index (χ0) is 13.1. The van der Waals surface area contributed by atoms with E-state index in [-0.39, 0.29) is 0 Å². The molecule has 1 aliphatic carbocycles. The molecule has 0 aromatic carbocycles. The summed E-state index contributed by atoms with van der Waals surface area (Å²) in [4.78, 5) is 11.5. The second-order valence-electron chi connectivity index (χ2n) is 5.13. The van der Waals surface area contributed by atoms with Gasteiger partial charge in [0, 0.05) is 12.5 Å². The Labute approximate surface area is 123 Å². The minimum absolute atomic E-state index is 0.669. The van der Waals surface area contributed by atoms with Crippen molar-refractivity contribution in [3.8, 4) is 0 Å². The van der Waals surface area contributed by atoms with Crippen LogP contribution in [0.5, 0.6) is 0 Å². The molecule has 0 bridgehead atoms. The minimum Gasteiger partial charge on any atom is -0.369 e. The van der Waals surface area contributed by atoms with Gasteiger partial charge in [-0.1, -0.05) is 6.92 Å². The summed E-state index contributed by atoms with van der Waals surface area (Å²) < 4.78 is 1.21. The highest BCUT2D eigenvalue weighted by molar-refractivity contribution is 14.1. The second-order valence-corrected chi connectivity index (χ2v) is 6.21. The van der Waals surface area contributed by atoms with Crippen LogP contribution in [-0.2, 0) is 6.54 Å². The van der Waals surface area contributed by atoms with Gasteiger partial charge in [0.15, 0.2) is 0 Å². The number of hydrogen-bond acceptors (Lipinski definition) is 4. The summed E-state index contributed by atoms with van der Waals surface area (Å²) in [5, 5.41) is 3.42. The maximum Gasteiger partial charge on any atom is 0.145 e. The molecular weight excluding hydrogens is 339 g/mol. The molecule has 1 N–H and O–H groups in total. The Hall–Kier alpha value is -0.430. The molecule has 0 radical (unpaired) electrons. The summed E-state index contributed by atoms with van der Waals surface area (Å²) in [5.41, 5.74) is 1.25. The van der Waals surface area contributed by atoms with Crippen molar-refractivity contribution >= 4 is 28.4 Å². The first-order chi connectivity index (χ1) is 8.61. The maximum atomic E-state index is 4.74. The highest BCUT2D eigenvalue weighted by Gasteiger charge is 2.29. The first-order valence-electron chi connectivity index (χ1n) is 6.56. The Bertz CT molecular complexity index is 416. The monoisotopic (exact) mass is 360 g/mol. The van der Waals surface area contributed by atoms with Crippen LogP contribution in [-0.4, -0.2) is 35.5 Å². The van der Waals surface area contributed by atoms with Crippen molar-refractivity contribution in [3.05, 3.63) is 15.1 Å². The van der Waals surface area contributed by atoms with Crippen LogP contribution >= 0.6 is 22.6 Å².